The first-order chi connectivity index (χ1) is 7.83. The Hall–Kier alpha value is -1.62. The van der Waals surface area contributed by atoms with Crippen LogP contribution < -0.4 is 9.47 Å². The molecule has 1 aromatic carbocycles. The van der Waals surface area contributed by atoms with Crippen LogP contribution in [0.4, 0.5) is 0 Å². The fraction of sp³-hybridized carbons (Fsp3) is 0.429. The summed E-state index contributed by atoms with van der Waals surface area (Å²) in [4.78, 5) is 0. The molecule has 0 atom stereocenters. The number of benzene rings is 1. The maximum Gasteiger partial charge on any atom is 0.162 e. The van der Waals surface area contributed by atoms with Crippen LogP contribution >= 0.6 is 0 Å². The second-order valence-electron chi connectivity index (χ2n) is 4.03. The molecule has 1 saturated carbocycles. The van der Waals surface area contributed by atoms with Crippen LogP contribution in [0.3, 0.4) is 0 Å². The zero-order valence-corrected chi connectivity index (χ0v) is 9.53. The molecule has 0 N–H and O–H groups in total. The van der Waals surface area contributed by atoms with Gasteiger partial charge in [0.15, 0.2) is 11.5 Å². The van der Waals surface area contributed by atoms with Crippen LogP contribution in [0.25, 0.3) is 0 Å². The van der Waals surface area contributed by atoms with Crippen molar-refractivity contribution >= 4 is 0 Å². The third-order valence-electron chi connectivity index (χ3n) is 2.93. The van der Waals surface area contributed by atoms with Crippen molar-refractivity contribution in [2.45, 2.75) is 31.8 Å². The lowest BCUT2D eigenvalue weighted by Gasteiger charge is -2.15. The van der Waals surface area contributed by atoms with Crippen LogP contribution in [-0.4, -0.2) is 13.2 Å². The molecule has 84 valence electrons. The monoisotopic (exact) mass is 216 g/mol. The van der Waals surface area contributed by atoms with Crippen molar-refractivity contribution in [2.24, 2.45) is 0 Å². The Labute approximate surface area is 96.6 Å². The van der Waals surface area contributed by atoms with E-state index in [1.165, 1.54) is 12.8 Å². The molecule has 0 amide bonds. The normalized spacial score (nSPS) is 15.8. The molecule has 16 heavy (non-hydrogen) atoms. The van der Waals surface area contributed by atoms with Crippen LogP contribution in [0.1, 0.15) is 31.2 Å². The van der Waals surface area contributed by atoms with Gasteiger partial charge in [0, 0.05) is 5.56 Å². The van der Waals surface area contributed by atoms with Gasteiger partial charge in [0.1, 0.15) is 0 Å². The first-order valence-corrected chi connectivity index (χ1v) is 5.65. The Kier molecular flexibility index (Phi) is 3.36. The van der Waals surface area contributed by atoms with Gasteiger partial charge in [-0.1, -0.05) is 5.92 Å². The molecule has 1 fully saturated rings. The first-order valence-electron chi connectivity index (χ1n) is 5.65. The first kappa shape index (κ1) is 10.9. The van der Waals surface area contributed by atoms with Gasteiger partial charge in [-0.15, -0.1) is 6.42 Å². The summed E-state index contributed by atoms with van der Waals surface area (Å²) in [6.07, 6.45) is 10.5. The van der Waals surface area contributed by atoms with Gasteiger partial charge in [0.05, 0.1) is 13.2 Å². The standard InChI is InChI=1S/C14H16O2/c1-3-11-8-9-13(15-2)14(10-11)16-12-6-4-5-7-12/h1,8-10,12H,4-7H2,2H3. The molecule has 0 aliphatic heterocycles. The molecule has 0 spiro atoms. The Morgan fingerprint density at radius 2 is 2.00 bits per heavy atom. The van der Waals surface area contributed by atoms with Crippen molar-refractivity contribution < 1.29 is 9.47 Å². The second-order valence-corrected chi connectivity index (χ2v) is 4.03. The molecule has 2 heteroatoms. The van der Waals surface area contributed by atoms with Gasteiger partial charge in [0.2, 0.25) is 0 Å². The summed E-state index contributed by atoms with van der Waals surface area (Å²) in [6, 6.07) is 5.59. The summed E-state index contributed by atoms with van der Waals surface area (Å²) in [7, 11) is 1.65. The summed E-state index contributed by atoms with van der Waals surface area (Å²) < 4.78 is 11.2. The maximum absolute atomic E-state index is 5.92. The molecular formula is C14H16O2. The number of hydrogen-bond acceptors (Lipinski definition) is 2. The minimum Gasteiger partial charge on any atom is -0.493 e. The number of hydrogen-bond donors (Lipinski definition) is 0. The average Bonchev–Trinajstić information content (AvgIpc) is 2.82. The van der Waals surface area contributed by atoms with E-state index in [9.17, 15) is 0 Å². The highest BCUT2D eigenvalue weighted by molar-refractivity contribution is 5.47. The number of rotatable bonds is 3. The van der Waals surface area contributed by atoms with Crippen molar-refractivity contribution in [1.29, 1.82) is 0 Å². The minimum atomic E-state index is 0.321. The highest BCUT2D eigenvalue weighted by Crippen LogP contribution is 2.32. The predicted molar refractivity (Wildman–Crippen MR) is 63.8 cm³/mol. The zero-order chi connectivity index (χ0) is 11.4. The zero-order valence-electron chi connectivity index (χ0n) is 9.53. The van der Waals surface area contributed by atoms with Crippen LogP contribution in [0.2, 0.25) is 0 Å². The summed E-state index contributed by atoms with van der Waals surface area (Å²) in [5.41, 5.74) is 0.828. The minimum absolute atomic E-state index is 0.321. The maximum atomic E-state index is 5.92. The molecule has 1 aliphatic carbocycles. The van der Waals surface area contributed by atoms with E-state index in [0.717, 1.165) is 29.9 Å². The van der Waals surface area contributed by atoms with Crippen molar-refractivity contribution in [3.8, 4) is 23.8 Å². The molecule has 0 radical (unpaired) electrons. The molecule has 1 aliphatic rings. The van der Waals surface area contributed by atoms with Crippen molar-refractivity contribution in [1.82, 2.24) is 0 Å². The number of ether oxygens (including phenoxy) is 2. The van der Waals surface area contributed by atoms with Crippen molar-refractivity contribution in [3.63, 3.8) is 0 Å². The smallest absolute Gasteiger partial charge is 0.162 e. The summed E-state index contributed by atoms with van der Waals surface area (Å²) in [6.45, 7) is 0. The molecule has 2 nitrogen and oxygen atoms in total. The molecule has 0 unspecified atom stereocenters. The predicted octanol–water partition coefficient (Wildman–Crippen LogP) is 3.00. The van der Waals surface area contributed by atoms with Crippen molar-refractivity contribution in [2.75, 3.05) is 7.11 Å². The Bertz CT molecular complexity index is 398. The van der Waals surface area contributed by atoms with E-state index in [4.69, 9.17) is 15.9 Å². The Balaban J connectivity index is 2.19. The third-order valence-corrected chi connectivity index (χ3v) is 2.93. The molecular weight excluding hydrogens is 200 g/mol. The lowest BCUT2D eigenvalue weighted by Crippen LogP contribution is -2.11. The fourth-order valence-electron chi connectivity index (χ4n) is 2.04. The van der Waals surface area contributed by atoms with Crippen molar-refractivity contribution in [3.05, 3.63) is 23.8 Å². The van der Waals surface area contributed by atoms with Gasteiger partial charge in [-0.2, -0.15) is 0 Å². The quantitative estimate of drug-likeness (QED) is 0.723. The van der Waals surface area contributed by atoms with E-state index in [1.807, 2.05) is 18.2 Å². The molecule has 2 rings (SSSR count). The highest BCUT2D eigenvalue weighted by atomic mass is 16.5. The van der Waals surface area contributed by atoms with Crippen LogP contribution in [0.5, 0.6) is 11.5 Å². The van der Waals surface area contributed by atoms with E-state index in [1.54, 1.807) is 7.11 Å². The molecule has 0 bridgehead atoms. The fourth-order valence-corrected chi connectivity index (χ4v) is 2.04. The summed E-state index contributed by atoms with van der Waals surface area (Å²) >= 11 is 0. The van der Waals surface area contributed by atoms with Gasteiger partial charge < -0.3 is 9.47 Å². The van der Waals surface area contributed by atoms with E-state index >= 15 is 0 Å². The van der Waals surface area contributed by atoms with E-state index < -0.39 is 0 Å². The van der Waals surface area contributed by atoms with Crippen LogP contribution in [0.15, 0.2) is 18.2 Å². The van der Waals surface area contributed by atoms with Gasteiger partial charge in [0.25, 0.3) is 0 Å². The lowest BCUT2D eigenvalue weighted by atomic mass is 10.2. The number of methoxy groups -OCH3 is 1. The molecule has 0 saturated heterocycles. The summed E-state index contributed by atoms with van der Waals surface area (Å²) in [5.74, 6) is 4.13. The van der Waals surface area contributed by atoms with E-state index in [-0.39, 0.29) is 0 Å². The lowest BCUT2D eigenvalue weighted by molar-refractivity contribution is 0.201. The van der Waals surface area contributed by atoms with Gasteiger partial charge >= 0.3 is 0 Å². The highest BCUT2D eigenvalue weighted by Gasteiger charge is 2.18. The van der Waals surface area contributed by atoms with E-state index in [0.29, 0.717) is 6.10 Å². The SMILES string of the molecule is C#Cc1ccc(OC)c(OC2CCCC2)c1. The Morgan fingerprint density at radius 3 is 2.62 bits per heavy atom. The molecule has 1 aromatic rings. The van der Waals surface area contributed by atoms with Gasteiger partial charge in [-0.05, 0) is 43.9 Å². The van der Waals surface area contributed by atoms with Gasteiger partial charge in [-0.25, -0.2) is 0 Å². The van der Waals surface area contributed by atoms with Gasteiger partial charge in [-0.3, -0.25) is 0 Å². The molecule has 0 heterocycles. The largest absolute Gasteiger partial charge is 0.493 e. The topological polar surface area (TPSA) is 18.5 Å². The van der Waals surface area contributed by atoms with Crippen LogP contribution in [-0.2, 0) is 0 Å². The average molecular weight is 216 g/mol. The third kappa shape index (κ3) is 2.30. The summed E-state index contributed by atoms with van der Waals surface area (Å²) in [5, 5.41) is 0. The van der Waals surface area contributed by atoms with Crippen LogP contribution in [0, 0.1) is 12.3 Å². The van der Waals surface area contributed by atoms with E-state index in [2.05, 4.69) is 5.92 Å². The molecule has 0 aromatic heterocycles. The number of terminal acetylenes is 1. The second kappa shape index (κ2) is 4.94. The Morgan fingerprint density at radius 1 is 1.25 bits per heavy atom.